The minimum atomic E-state index is -4.38. The highest BCUT2D eigenvalue weighted by Gasteiger charge is 2.14. The zero-order chi connectivity index (χ0) is 11.6. The Morgan fingerprint density at radius 1 is 1.19 bits per heavy atom. The summed E-state index contributed by atoms with van der Waals surface area (Å²) >= 11 is 0. The lowest BCUT2D eigenvalue weighted by Gasteiger charge is -2.00. The summed E-state index contributed by atoms with van der Waals surface area (Å²) in [6.45, 7) is 0. The molecule has 0 aliphatic rings. The van der Waals surface area contributed by atoms with Crippen molar-refractivity contribution in [2.45, 2.75) is 5.16 Å². The smallest absolute Gasteiger partial charge is 0.279 e. The maximum atomic E-state index is 10.8. The molecule has 0 saturated carbocycles. The molecule has 2 aromatic rings. The second kappa shape index (κ2) is 3.95. The monoisotopic (exact) mass is 237 g/mol. The van der Waals surface area contributed by atoms with Crippen LogP contribution in [-0.2, 0) is 10.1 Å². The first-order chi connectivity index (χ1) is 7.57. The molecule has 2 heterocycles. The minimum absolute atomic E-state index is 0.385. The summed E-state index contributed by atoms with van der Waals surface area (Å²) in [5, 5.41) is -0.617. The molecule has 6 nitrogen and oxygen atoms in total. The summed E-state index contributed by atoms with van der Waals surface area (Å²) in [5.74, 6) is 0. The highest BCUT2D eigenvalue weighted by atomic mass is 32.2. The van der Waals surface area contributed by atoms with Crippen molar-refractivity contribution in [3.8, 4) is 11.3 Å². The van der Waals surface area contributed by atoms with E-state index >= 15 is 0 Å². The van der Waals surface area contributed by atoms with Crippen LogP contribution >= 0.6 is 0 Å². The van der Waals surface area contributed by atoms with Gasteiger partial charge < -0.3 is 0 Å². The van der Waals surface area contributed by atoms with Crippen LogP contribution in [0.15, 0.2) is 41.9 Å². The van der Waals surface area contributed by atoms with Crippen molar-refractivity contribution < 1.29 is 13.0 Å². The Hall–Kier alpha value is -1.86. The first-order valence-corrected chi connectivity index (χ1v) is 5.72. The number of aromatic nitrogens is 3. The lowest BCUT2D eigenvalue weighted by atomic mass is 10.2. The zero-order valence-corrected chi connectivity index (χ0v) is 8.79. The van der Waals surface area contributed by atoms with Gasteiger partial charge >= 0.3 is 10.1 Å². The van der Waals surface area contributed by atoms with Crippen molar-refractivity contribution in [3.63, 3.8) is 0 Å². The van der Waals surface area contributed by atoms with E-state index in [1.807, 2.05) is 0 Å². The molecule has 2 rings (SSSR count). The molecule has 0 bridgehead atoms. The summed E-state index contributed by atoms with van der Waals surface area (Å²) in [6.07, 6.45) is 4.39. The predicted octanol–water partition coefficient (Wildman–Crippen LogP) is 0.785. The molecular formula is C9H7N3O3S. The van der Waals surface area contributed by atoms with E-state index in [4.69, 9.17) is 4.55 Å². The first kappa shape index (κ1) is 10.7. The van der Waals surface area contributed by atoms with Crippen molar-refractivity contribution in [2.75, 3.05) is 0 Å². The van der Waals surface area contributed by atoms with Gasteiger partial charge in [0.15, 0.2) is 0 Å². The van der Waals surface area contributed by atoms with E-state index in [-0.39, 0.29) is 0 Å². The molecule has 0 aliphatic heterocycles. The average molecular weight is 237 g/mol. The quantitative estimate of drug-likeness (QED) is 0.613. The molecule has 82 valence electrons. The van der Waals surface area contributed by atoms with Crippen LogP contribution in [0.25, 0.3) is 11.3 Å². The fraction of sp³-hybridized carbons (Fsp3) is 0. The minimum Gasteiger partial charge on any atom is -0.279 e. The van der Waals surface area contributed by atoms with Crippen molar-refractivity contribution in [2.24, 2.45) is 0 Å². The molecular weight excluding hydrogens is 230 g/mol. The molecule has 16 heavy (non-hydrogen) atoms. The second-order valence-corrected chi connectivity index (χ2v) is 4.26. The standard InChI is InChI=1S/C9H7N3O3S/c13-16(14,15)9-11-5-3-8(12-9)7-2-1-4-10-6-7/h1-6H,(H,13,14,15). The largest absolute Gasteiger partial charge is 0.330 e. The van der Waals surface area contributed by atoms with Crippen molar-refractivity contribution >= 4 is 10.1 Å². The number of nitrogens with zero attached hydrogens (tertiary/aromatic N) is 3. The Morgan fingerprint density at radius 3 is 2.62 bits per heavy atom. The van der Waals surface area contributed by atoms with Gasteiger partial charge in [-0.2, -0.15) is 8.42 Å². The summed E-state index contributed by atoms with van der Waals surface area (Å²) in [5.41, 5.74) is 1.03. The third-order valence-electron chi connectivity index (χ3n) is 1.82. The van der Waals surface area contributed by atoms with Crippen LogP contribution in [0.3, 0.4) is 0 Å². The molecule has 1 N–H and O–H groups in total. The lowest BCUT2D eigenvalue weighted by molar-refractivity contribution is 0.474. The van der Waals surface area contributed by atoms with E-state index in [0.29, 0.717) is 11.3 Å². The van der Waals surface area contributed by atoms with Gasteiger partial charge in [0.1, 0.15) is 0 Å². The molecule has 2 aromatic heterocycles. The average Bonchev–Trinajstić information content (AvgIpc) is 2.29. The van der Waals surface area contributed by atoms with Crippen LogP contribution in [0.4, 0.5) is 0 Å². The highest BCUT2D eigenvalue weighted by Crippen LogP contribution is 2.15. The van der Waals surface area contributed by atoms with Gasteiger partial charge in [0, 0.05) is 24.2 Å². The fourth-order valence-corrected chi connectivity index (χ4v) is 1.55. The molecule has 7 heteroatoms. The number of hydrogen-bond acceptors (Lipinski definition) is 5. The van der Waals surface area contributed by atoms with Gasteiger partial charge in [0.25, 0.3) is 5.16 Å². The van der Waals surface area contributed by atoms with Gasteiger partial charge in [0.2, 0.25) is 0 Å². The SMILES string of the molecule is O=S(=O)(O)c1nccc(-c2cccnc2)n1. The van der Waals surface area contributed by atoms with Crippen LogP contribution in [0.5, 0.6) is 0 Å². The zero-order valence-electron chi connectivity index (χ0n) is 7.98. The van der Waals surface area contributed by atoms with Gasteiger partial charge in [-0.15, -0.1) is 0 Å². The van der Waals surface area contributed by atoms with Gasteiger partial charge in [-0.25, -0.2) is 9.97 Å². The molecule has 0 atom stereocenters. The Balaban J connectivity index is 2.53. The van der Waals surface area contributed by atoms with Crippen LogP contribution < -0.4 is 0 Å². The predicted molar refractivity (Wildman–Crippen MR) is 55.1 cm³/mol. The molecule has 0 spiro atoms. The maximum absolute atomic E-state index is 10.8. The Morgan fingerprint density at radius 2 is 2.00 bits per heavy atom. The van der Waals surface area contributed by atoms with E-state index in [1.54, 1.807) is 18.3 Å². The fourth-order valence-electron chi connectivity index (χ4n) is 1.14. The van der Waals surface area contributed by atoms with Crippen molar-refractivity contribution in [1.82, 2.24) is 15.0 Å². The Kier molecular flexibility index (Phi) is 2.63. The van der Waals surface area contributed by atoms with E-state index in [0.717, 1.165) is 0 Å². The number of rotatable bonds is 2. The van der Waals surface area contributed by atoms with Gasteiger partial charge in [-0.05, 0) is 18.2 Å². The second-order valence-electron chi connectivity index (χ2n) is 2.94. The number of pyridine rings is 1. The molecule has 0 amide bonds. The third kappa shape index (κ3) is 2.20. The van der Waals surface area contributed by atoms with E-state index in [2.05, 4.69) is 15.0 Å². The normalized spacial score (nSPS) is 11.3. The molecule has 0 aromatic carbocycles. The van der Waals surface area contributed by atoms with Gasteiger partial charge in [-0.1, -0.05) is 0 Å². The van der Waals surface area contributed by atoms with Crippen LogP contribution in [0.1, 0.15) is 0 Å². The van der Waals surface area contributed by atoms with Crippen molar-refractivity contribution in [1.29, 1.82) is 0 Å². The highest BCUT2D eigenvalue weighted by molar-refractivity contribution is 7.85. The first-order valence-electron chi connectivity index (χ1n) is 4.28. The summed E-state index contributed by atoms with van der Waals surface area (Å²) < 4.78 is 30.5. The third-order valence-corrected chi connectivity index (χ3v) is 2.48. The van der Waals surface area contributed by atoms with Gasteiger partial charge in [0.05, 0.1) is 5.69 Å². The lowest BCUT2D eigenvalue weighted by Crippen LogP contribution is -2.04. The Bertz CT molecular complexity index is 598. The summed E-state index contributed by atoms with van der Waals surface area (Å²) in [4.78, 5) is 11.1. The topological polar surface area (TPSA) is 93.0 Å². The molecule has 0 fully saturated rings. The van der Waals surface area contributed by atoms with Crippen LogP contribution in [0.2, 0.25) is 0 Å². The molecule has 0 aliphatic carbocycles. The van der Waals surface area contributed by atoms with Crippen molar-refractivity contribution in [3.05, 3.63) is 36.8 Å². The van der Waals surface area contributed by atoms with E-state index in [9.17, 15) is 8.42 Å². The molecule has 0 saturated heterocycles. The molecule has 0 radical (unpaired) electrons. The number of hydrogen-bond donors (Lipinski definition) is 1. The summed E-state index contributed by atoms with van der Waals surface area (Å²) in [6, 6.07) is 4.96. The maximum Gasteiger partial charge on any atom is 0.330 e. The summed E-state index contributed by atoms with van der Waals surface area (Å²) in [7, 11) is -4.38. The Labute approximate surface area is 91.8 Å². The van der Waals surface area contributed by atoms with E-state index < -0.39 is 15.3 Å². The van der Waals surface area contributed by atoms with Crippen LogP contribution in [-0.4, -0.2) is 27.9 Å². The van der Waals surface area contributed by atoms with Gasteiger partial charge in [-0.3, -0.25) is 9.54 Å². The van der Waals surface area contributed by atoms with E-state index in [1.165, 1.54) is 18.5 Å². The van der Waals surface area contributed by atoms with Crippen LogP contribution in [0, 0.1) is 0 Å². The molecule has 0 unspecified atom stereocenters.